The molecule has 4 aromatic rings. The third kappa shape index (κ3) is 5.89. The van der Waals surface area contributed by atoms with Gasteiger partial charge < -0.3 is 15.3 Å². The van der Waals surface area contributed by atoms with E-state index in [9.17, 15) is 39.3 Å². The predicted molar refractivity (Wildman–Crippen MR) is 160 cm³/mol. The first kappa shape index (κ1) is 28.9. The molecule has 0 aromatic heterocycles. The van der Waals surface area contributed by atoms with Crippen LogP contribution in [0.2, 0.25) is 0 Å². The molecule has 0 saturated heterocycles. The summed E-state index contributed by atoms with van der Waals surface area (Å²) in [5, 5.41) is 29.1. The molecule has 0 unspecified atom stereocenters. The molecule has 1 aliphatic rings. The van der Waals surface area contributed by atoms with E-state index >= 15 is 0 Å². The smallest absolute Gasteiger partial charge is 0.336 e. The third-order valence-electron chi connectivity index (χ3n) is 6.05. The fourth-order valence-corrected chi connectivity index (χ4v) is 7.58. The number of carbonyl (C=O) groups excluding carboxylic acids is 1. The zero-order valence-electron chi connectivity index (χ0n) is 21.3. The molecule has 42 heavy (non-hydrogen) atoms. The molecule has 0 fully saturated rings. The van der Waals surface area contributed by atoms with Gasteiger partial charge in [0.25, 0.3) is 0 Å². The van der Waals surface area contributed by atoms with Gasteiger partial charge in [-0.3, -0.25) is 9.59 Å². The third-order valence-corrected chi connectivity index (χ3v) is 9.60. The van der Waals surface area contributed by atoms with E-state index in [4.69, 9.17) is 0 Å². The summed E-state index contributed by atoms with van der Waals surface area (Å²) in [6.07, 6.45) is 0. The summed E-state index contributed by atoms with van der Waals surface area (Å²) >= 11 is 2.99. The van der Waals surface area contributed by atoms with Gasteiger partial charge in [0.2, 0.25) is 5.78 Å². The summed E-state index contributed by atoms with van der Waals surface area (Å²) in [7, 11) is 0. The van der Waals surface area contributed by atoms with E-state index < -0.39 is 29.1 Å². The van der Waals surface area contributed by atoms with Crippen LogP contribution in [-0.4, -0.2) is 39.0 Å². The summed E-state index contributed by atoms with van der Waals surface area (Å²) in [6.45, 7) is 0. The second kappa shape index (κ2) is 12.1. The Kier molecular flexibility index (Phi) is 8.34. The van der Waals surface area contributed by atoms with Crippen molar-refractivity contribution in [1.29, 1.82) is 0 Å². The normalized spacial score (nSPS) is 12.2. The molecule has 0 heterocycles. The van der Waals surface area contributed by atoms with Gasteiger partial charge in [-0.2, -0.15) is 0 Å². The van der Waals surface area contributed by atoms with Gasteiger partial charge in [-0.25, -0.2) is 14.4 Å². The van der Waals surface area contributed by atoms with E-state index in [1.807, 2.05) is 0 Å². The fraction of sp³-hybridized carbons (Fsp3) is 0. The predicted octanol–water partition coefficient (Wildman–Crippen LogP) is 6.74. The number of Topliss-reactive ketones (excluding diaryl/α,β-unsaturated/α-hetero) is 1. The Morgan fingerprint density at radius 1 is 0.500 bits per heavy atom. The minimum Gasteiger partial charge on any atom is -0.478 e. The van der Waals surface area contributed by atoms with Gasteiger partial charge in [-0.1, -0.05) is 71.7 Å². The van der Waals surface area contributed by atoms with E-state index in [-0.39, 0.29) is 27.2 Å². The lowest BCUT2D eigenvalue weighted by Crippen LogP contribution is -2.02. The van der Waals surface area contributed by atoms with Crippen molar-refractivity contribution >= 4 is 63.9 Å². The van der Waals surface area contributed by atoms with E-state index in [1.165, 1.54) is 30.3 Å². The number of carbonyl (C=O) groups is 4. The zero-order chi connectivity index (χ0) is 30.0. The average molecular weight is 615 g/mol. The van der Waals surface area contributed by atoms with Crippen molar-refractivity contribution in [2.45, 2.75) is 19.6 Å². The Balaban J connectivity index is 1.71. The molecule has 0 atom stereocenters. The van der Waals surface area contributed by atoms with Crippen molar-refractivity contribution < 1.29 is 34.5 Å². The first-order chi connectivity index (χ1) is 20.1. The van der Waals surface area contributed by atoms with E-state index in [2.05, 4.69) is 0 Å². The van der Waals surface area contributed by atoms with Crippen LogP contribution in [0.3, 0.4) is 0 Å². The molecule has 0 aliphatic heterocycles. The number of carboxylic acid groups (broad SMARTS) is 3. The number of ketones is 1. The number of fused-ring (bicyclic) bond motifs is 1. The molecule has 1 aliphatic carbocycles. The molecule has 0 bridgehead atoms. The van der Waals surface area contributed by atoms with Gasteiger partial charge in [-0.05, 0) is 54.6 Å². The van der Waals surface area contributed by atoms with Crippen LogP contribution in [0.5, 0.6) is 0 Å². The lowest BCUT2D eigenvalue weighted by Gasteiger charge is -2.11. The second-order valence-electron chi connectivity index (χ2n) is 8.76. The van der Waals surface area contributed by atoms with Crippen molar-refractivity contribution in [3.63, 3.8) is 0 Å². The van der Waals surface area contributed by atoms with Crippen LogP contribution in [0.25, 0.3) is 4.91 Å². The summed E-state index contributed by atoms with van der Waals surface area (Å²) < 4.78 is 0. The standard InChI is InChI=1S/C31H18O8S3/c32-16-13-17(40-23-10-4-1-7-18(23)29(34)35)15-22-21(14-16)26(33)28(42-25-12-6-3-9-20(25)31(38)39)27(22)41-24-11-5-2-8-19(24)30(36)37/h1-15H,(H,34,35)(H,36,37)(H,38,39). The molecular weight excluding hydrogens is 597 g/mol. The number of thioether (sulfide) groups is 2. The van der Waals surface area contributed by atoms with E-state index in [0.29, 0.717) is 30.1 Å². The van der Waals surface area contributed by atoms with Gasteiger partial charge in [0, 0.05) is 35.6 Å². The van der Waals surface area contributed by atoms with E-state index in [0.717, 1.165) is 35.3 Å². The van der Waals surface area contributed by atoms with E-state index in [1.54, 1.807) is 60.7 Å². The molecule has 0 saturated carbocycles. The Labute approximate surface area is 251 Å². The first-order valence-corrected chi connectivity index (χ1v) is 14.6. The van der Waals surface area contributed by atoms with Crippen molar-refractivity contribution in [1.82, 2.24) is 0 Å². The lowest BCUT2D eigenvalue weighted by molar-refractivity contribution is 0.0682. The van der Waals surface area contributed by atoms with Crippen LogP contribution in [0.4, 0.5) is 0 Å². The second-order valence-corrected chi connectivity index (χ2v) is 12.0. The molecule has 0 radical (unpaired) electrons. The molecule has 8 nitrogen and oxygen atoms in total. The molecule has 3 N–H and O–H groups in total. The number of hydrogen-bond acceptors (Lipinski definition) is 8. The monoisotopic (exact) mass is 614 g/mol. The average Bonchev–Trinajstić information content (AvgIpc) is 3.07. The highest BCUT2D eigenvalue weighted by atomic mass is 32.2. The zero-order valence-corrected chi connectivity index (χ0v) is 23.7. The highest BCUT2D eigenvalue weighted by molar-refractivity contribution is 8.11. The van der Waals surface area contributed by atoms with Crippen LogP contribution in [-0.2, 0) is 0 Å². The number of allylic oxidation sites excluding steroid dienone is 1. The van der Waals surface area contributed by atoms with Gasteiger partial charge in [0.1, 0.15) is 0 Å². The van der Waals surface area contributed by atoms with Crippen LogP contribution in [0, 0.1) is 0 Å². The number of rotatable bonds is 9. The molecule has 11 heteroatoms. The Morgan fingerprint density at radius 2 is 0.929 bits per heavy atom. The molecule has 0 spiro atoms. The number of hydrogen-bond donors (Lipinski definition) is 3. The molecule has 4 aromatic carbocycles. The minimum absolute atomic E-state index is 0.000916. The minimum atomic E-state index is -1.18. The van der Waals surface area contributed by atoms with Gasteiger partial charge in [0.05, 0.1) is 21.6 Å². The van der Waals surface area contributed by atoms with Crippen molar-refractivity contribution in [3.8, 4) is 0 Å². The highest BCUT2D eigenvalue weighted by Gasteiger charge is 2.33. The van der Waals surface area contributed by atoms with Crippen LogP contribution < -0.4 is 5.43 Å². The molecule has 0 amide bonds. The highest BCUT2D eigenvalue weighted by Crippen LogP contribution is 2.50. The van der Waals surface area contributed by atoms with Gasteiger partial charge in [0.15, 0.2) is 5.43 Å². The quantitative estimate of drug-likeness (QED) is 0.184. The maximum atomic E-state index is 13.8. The van der Waals surface area contributed by atoms with Crippen molar-refractivity contribution in [2.24, 2.45) is 0 Å². The number of benzene rings is 3. The summed E-state index contributed by atoms with van der Waals surface area (Å²) in [4.78, 5) is 64.3. The number of aromatic carboxylic acids is 3. The summed E-state index contributed by atoms with van der Waals surface area (Å²) in [6, 6.07) is 22.8. The maximum Gasteiger partial charge on any atom is 0.336 e. The Bertz CT molecular complexity index is 1900. The Morgan fingerprint density at radius 3 is 1.40 bits per heavy atom. The van der Waals surface area contributed by atoms with Gasteiger partial charge in [-0.15, -0.1) is 0 Å². The summed E-state index contributed by atoms with van der Waals surface area (Å²) in [5.74, 6) is -4.01. The first-order valence-electron chi connectivity index (χ1n) is 12.1. The summed E-state index contributed by atoms with van der Waals surface area (Å²) in [5.41, 5.74) is -0.0582. The van der Waals surface area contributed by atoms with Crippen LogP contribution in [0.1, 0.15) is 47.0 Å². The van der Waals surface area contributed by atoms with Gasteiger partial charge >= 0.3 is 17.9 Å². The largest absolute Gasteiger partial charge is 0.478 e. The number of carboxylic acids is 3. The maximum absolute atomic E-state index is 13.8. The lowest BCUT2D eigenvalue weighted by atomic mass is 10.2. The molecule has 5 rings (SSSR count). The van der Waals surface area contributed by atoms with Crippen LogP contribution >= 0.6 is 35.3 Å². The van der Waals surface area contributed by atoms with Crippen LogP contribution in [0.15, 0.2) is 120 Å². The Hall–Kier alpha value is -4.58. The molecular formula is C31H18O8S3. The molecule has 208 valence electrons. The SMILES string of the molecule is O=C(O)c1ccccc1SC1=C(Sc2ccccc2C(=O)O)c2cc(Sc3ccccc3C(=O)O)cc(=O)cc2C1=O. The topological polar surface area (TPSA) is 146 Å². The van der Waals surface area contributed by atoms with Crippen molar-refractivity contribution in [2.75, 3.05) is 0 Å². The fourth-order valence-electron chi connectivity index (χ4n) is 4.18. The van der Waals surface area contributed by atoms with Crippen molar-refractivity contribution in [3.05, 3.63) is 134 Å².